The van der Waals surface area contributed by atoms with Gasteiger partial charge in [0.1, 0.15) is 17.1 Å². The predicted octanol–water partition coefficient (Wildman–Crippen LogP) is 4.03. The van der Waals surface area contributed by atoms with Gasteiger partial charge in [0.2, 0.25) is 0 Å². The van der Waals surface area contributed by atoms with Gasteiger partial charge in [-0.25, -0.2) is 4.57 Å². The van der Waals surface area contributed by atoms with Crippen molar-refractivity contribution >= 4 is 14.5 Å². The minimum absolute atomic E-state index is 0.0406. The number of carbonyl (C=O) groups is 1. The Kier molecular flexibility index (Phi) is 6.72. The van der Waals surface area contributed by atoms with Crippen molar-refractivity contribution in [1.82, 2.24) is 0 Å². The summed E-state index contributed by atoms with van der Waals surface area (Å²) in [5.41, 5.74) is -0.192. The molecule has 0 radical (unpaired) electrons. The molecule has 0 saturated heterocycles. The molecular weight excluding hydrogens is 331 g/mol. The molecule has 2 rings (SSSR count). The van der Waals surface area contributed by atoms with Gasteiger partial charge in [-0.2, -0.15) is 0 Å². The standard InChI is InChI=1S/C17H23O6P/c1-12(23-24-19)22-11-17(9-4-5-10-17)16(18)15-13(20-2)7-6-8-14(15)21-3/h6-8,12H,4-5,9-11H2,1-3H3. The van der Waals surface area contributed by atoms with E-state index in [1.54, 1.807) is 25.1 Å². The SMILES string of the molecule is COc1cccc(OC)c1C(=O)C1(COC(C)OP=O)CCCC1. The van der Waals surface area contributed by atoms with Gasteiger partial charge in [-0.1, -0.05) is 18.9 Å². The van der Waals surface area contributed by atoms with Gasteiger partial charge in [0.05, 0.1) is 26.2 Å². The number of ether oxygens (including phenoxy) is 3. The summed E-state index contributed by atoms with van der Waals surface area (Å²) < 4.78 is 31.7. The van der Waals surface area contributed by atoms with Crippen LogP contribution in [0.5, 0.6) is 11.5 Å². The third kappa shape index (κ3) is 3.94. The summed E-state index contributed by atoms with van der Waals surface area (Å²) in [6.07, 6.45) is 2.74. The highest BCUT2D eigenvalue weighted by Crippen LogP contribution is 2.45. The van der Waals surface area contributed by atoms with Crippen LogP contribution in [0, 0.1) is 5.41 Å². The Bertz CT molecular complexity index is 560. The normalized spacial score (nSPS) is 17.6. The molecule has 1 saturated carbocycles. The highest BCUT2D eigenvalue weighted by atomic mass is 31.1. The van der Waals surface area contributed by atoms with Crippen LogP contribution in [0.2, 0.25) is 0 Å². The fraction of sp³-hybridized carbons (Fsp3) is 0.588. The van der Waals surface area contributed by atoms with Crippen molar-refractivity contribution in [2.45, 2.75) is 38.9 Å². The maximum Gasteiger partial charge on any atom is 0.329 e. The maximum absolute atomic E-state index is 13.4. The van der Waals surface area contributed by atoms with Crippen molar-refractivity contribution in [3.8, 4) is 11.5 Å². The second-order valence-electron chi connectivity index (χ2n) is 5.91. The van der Waals surface area contributed by atoms with Crippen LogP contribution in [-0.2, 0) is 13.8 Å². The van der Waals surface area contributed by atoms with Crippen molar-refractivity contribution < 1.29 is 28.1 Å². The molecule has 1 atom stereocenters. The number of ketones is 1. The van der Waals surface area contributed by atoms with E-state index in [4.69, 9.17) is 18.7 Å². The van der Waals surface area contributed by atoms with Gasteiger partial charge in [0.25, 0.3) is 0 Å². The van der Waals surface area contributed by atoms with Crippen LogP contribution in [0.3, 0.4) is 0 Å². The van der Waals surface area contributed by atoms with E-state index in [-0.39, 0.29) is 12.4 Å². The average Bonchev–Trinajstić information content (AvgIpc) is 3.09. The molecule has 24 heavy (non-hydrogen) atoms. The second-order valence-corrected chi connectivity index (χ2v) is 6.27. The highest BCUT2D eigenvalue weighted by Gasteiger charge is 2.44. The van der Waals surface area contributed by atoms with Gasteiger partial charge in [0, 0.05) is 0 Å². The third-order valence-corrected chi connectivity index (χ3v) is 4.87. The number of rotatable bonds is 9. The van der Waals surface area contributed by atoms with E-state index in [1.165, 1.54) is 14.2 Å². The third-order valence-electron chi connectivity index (χ3n) is 4.48. The zero-order chi connectivity index (χ0) is 17.6. The van der Waals surface area contributed by atoms with E-state index in [9.17, 15) is 9.36 Å². The van der Waals surface area contributed by atoms with E-state index in [0.29, 0.717) is 17.1 Å². The molecule has 1 fully saturated rings. The summed E-state index contributed by atoms with van der Waals surface area (Å²) in [5, 5.41) is 0. The average molecular weight is 354 g/mol. The molecule has 0 heterocycles. The molecule has 0 amide bonds. The molecule has 0 N–H and O–H groups in total. The largest absolute Gasteiger partial charge is 0.496 e. The number of Topliss-reactive ketones (excluding diaryl/α,β-unsaturated/α-hetero) is 1. The number of hydrogen-bond donors (Lipinski definition) is 0. The first-order valence-corrected chi connectivity index (χ1v) is 8.67. The minimum atomic E-state index is -0.644. The molecule has 0 spiro atoms. The first-order chi connectivity index (χ1) is 11.6. The van der Waals surface area contributed by atoms with E-state index >= 15 is 0 Å². The molecule has 1 aliphatic carbocycles. The lowest BCUT2D eigenvalue weighted by atomic mass is 9.79. The van der Waals surface area contributed by atoms with Gasteiger partial charge in [-0.15, -0.1) is 0 Å². The van der Waals surface area contributed by atoms with E-state index in [1.807, 2.05) is 0 Å². The fourth-order valence-corrected chi connectivity index (χ4v) is 3.38. The van der Waals surface area contributed by atoms with Gasteiger partial charge < -0.3 is 14.2 Å². The summed E-state index contributed by atoms with van der Waals surface area (Å²) in [6.45, 7) is 1.87. The van der Waals surface area contributed by atoms with Crippen LogP contribution in [0.4, 0.5) is 0 Å². The molecule has 7 heteroatoms. The summed E-state index contributed by atoms with van der Waals surface area (Å²) in [5.74, 6) is 0.946. The van der Waals surface area contributed by atoms with Crippen LogP contribution in [0.1, 0.15) is 43.0 Å². The minimum Gasteiger partial charge on any atom is -0.496 e. The van der Waals surface area contributed by atoms with Gasteiger partial charge >= 0.3 is 8.69 Å². The molecule has 6 nitrogen and oxygen atoms in total. The monoisotopic (exact) mass is 354 g/mol. The zero-order valence-electron chi connectivity index (χ0n) is 14.2. The second kappa shape index (κ2) is 8.56. The zero-order valence-corrected chi connectivity index (χ0v) is 15.1. The molecule has 1 aromatic rings. The number of methoxy groups -OCH3 is 2. The summed E-state index contributed by atoms with van der Waals surface area (Å²) in [4.78, 5) is 13.4. The van der Waals surface area contributed by atoms with Gasteiger partial charge in [0.15, 0.2) is 12.1 Å². The molecule has 132 valence electrons. The Balaban J connectivity index is 2.31. The lowest BCUT2D eigenvalue weighted by molar-refractivity contribution is -0.0847. The Labute approximate surface area is 143 Å². The van der Waals surface area contributed by atoms with Crippen LogP contribution in [0.15, 0.2) is 18.2 Å². The fourth-order valence-electron chi connectivity index (χ4n) is 3.20. The van der Waals surface area contributed by atoms with Crippen molar-refractivity contribution in [3.05, 3.63) is 23.8 Å². The topological polar surface area (TPSA) is 71.1 Å². The number of carbonyl (C=O) groups excluding carboxylic acids is 1. The van der Waals surface area contributed by atoms with Crippen molar-refractivity contribution in [2.75, 3.05) is 20.8 Å². The maximum atomic E-state index is 13.4. The number of hydrogen-bond acceptors (Lipinski definition) is 6. The molecule has 1 aliphatic rings. The van der Waals surface area contributed by atoms with E-state index in [0.717, 1.165) is 25.7 Å². The molecule has 1 aromatic carbocycles. The van der Waals surface area contributed by atoms with Crippen LogP contribution >= 0.6 is 8.69 Å². The van der Waals surface area contributed by atoms with Crippen LogP contribution in [0.25, 0.3) is 0 Å². The van der Waals surface area contributed by atoms with Gasteiger partial charge in [-0.05, 0) is 31.9 Å². The molecule has 0 bridgehead atoms. The smallest absolute Gasteiger partial charge is 0.329 e. The molecule has 0 aliphatic heterocycles. The van der Waals surface area contributed by atoms with E-state index in [2.05, 4.69) is 0 Å². The Morgan fingerprint density at radius 2 is 1.79 bits per heavy atom. The number of benzene rings is 1. The summed E-state index contributed by atoms with van der Waals surface area (Å²) in [7, 11) is 2.63. The first kappa shape index (κ1) is 18.8. The van der Waals surface area contributed by atoms with Crippen LogP contribution in [-0.4, -0.2) is 32.9 Å². The predicted molar refractivity (Wildman–Crippen MR) is 88.9 cm³/mol. The van der Waals surface area contributed by atoms with Gasteiger partial charge in [-0.3, -0.25) is 9.32 Å². The summed E-state index contributed by atoms with van der Waals surface area (Å²) >= 11 is 0. The highest BCUT2D eigenvalue weighted by molar-refractivity contribution is 7.17. The Hall–Kier alpha value is -1.49. The molecular formula is C17H23O6P. The Morgan fingerprint density at radius 1 is 1.21 bits per heavy atom. The Morgan fingerprint density at radius 3 is 2.29 bits per heavy atom. The molecule has 1 unspecified atom stereocenters. The quantitative estimate of drug-likeness (QED) is 0.379. The van der Waals surface area contributed by atoms with E-state index < -0.39 is 20.4 Å². The summed E-state index contributed by atoms with van der Waals surface area (Å²) in [6, 6.07) is 5.29. The molecule has 0 aromatic heterocycles. The lowest BCUT2D eigenvalue weighted by Crippen LogP contribution is -2.35. The first-order valence-electron chi connectivity index (χ1n) is 7.94. The van der Waals surface area contributed by atoms with Crippen LogP contribution < -0.4 is 9.47 Å². The van der Waals surface area contributed by atoms with Crippen molar-refractivity contribution in [1.29, 1.82) is 0 Å². The van der Waals surface area contributed by atoms with Crippen molar-refractivity contribution in [2.24, 2.45) is 5.41 Å². The van der Waals surface area contributed by atoms with Crippen molar-refractivity contribution in [3.63, 3.8) is 0 Å². The lowest BCUT2D eigenvalue weighted by Gasteiger charge is -2.29.